The number of hydrogen-bond acceptors (Lipinski definition) is 3. The molecule has 1 amide bonds. The summed E-state index contributed by atoms with van der Waals surface area (Å²) in [6.07, 6.45) is 2.32. The number of amides is 1. The van der Waals surface area contributed by atoms with E-state index in [0.29, 0.717) is 5.75 Å². The smallest absolute Gasteiger partial charge is 0.230 e. The van der Waals surface area contributed by atoms with Gasteiger partial charge in [0.25, 0.3) is 0 Å². The number of nitrogens with one attached hydrogen (secondary N) is 2. The van der Waals surface area contributed by atoms with Crippen molar-refractivity contribution >= 4 is 33.6 Å². The van der Waals surface area contributed by atoms with Crippen LogP contribution in [-0.2, 0) is 4.79 Å². The van der Waals surface area contributed by atoms with Gasteiger partial charge in [-0.1, -0.05) is 15.9 Å². The molecular weight excluding hydrogens is 348 g/mol. The average Bonchev–Trinajstić information content (AvgIpc) is 2.94. The first kappa shape index (κ1) is 16.8. The minimum absolute atomic E-state index is 0.130. The number of carbonyl (C=O) groups excluding carboxylic acids is 1. The summed E-state index contributed by atoms with van der Waals surface area (Å²) in [5, 5.41) is 6.38. The number of benzene rings is 1. The highest BCUT2D eigenvalue weighted by molar-refractivity contribution is 9.10. The van der Waals surface area contributed by atoms with Crippen molar-refractivity contribution in [2.75, 3.05) is 25.4 Å². The Hall–Kier alpha value is -0.520. The van der Waals surface area contributed by atoms with Gasteiger partial charge in [0, 0.05) is 15.9 Å². The molecule has 0 radical (unpaired) electrons. The Morgan fingerprint density at radius 3 is 2.95 bits per heavy atom. The highest BCUT2D eigenvalue weighted by Gasteiger charge is 2.14. The van der Waals surface area contributed by atoms with E-state index in [9.17, 15) is 4.79 Å². The van der Waals surface area contributed by atoms with Gasteiger partial charge in [-0.3, -0.25) is 4.79 Å². The molecule has 0 aromatic heterocycles. The zero-order valence-corrected chi connectivity index (χ0v) is 15.1. The molecule has 0 aliphatic carbocycles. The summed E-state index contributed by atoms with van der Waals surface area (Å²) in [5.41, 5.74) is 2.42. The maximum absolute atomic E-state index is 11.9. The van der Waals surface area contributed by atoms with Crippen LogP contribution in [0.2, 0.25) is 0 Å². The minimum atomic E-state index is 0.130. The van der Waals surface area contributed by atoms with Crippen LogP contribution in [0.25, 0.3) is 0 Å². The Morgan fingerprint density at radius 1 is 1.43 bits per heavy atom. The molecule has 1 saturated heterocycles. The van der Waals surface area contributed by atoms with Gasteiger partial charge in [0.15, 0.2) is 0 Å². The lowest BCUT2D eigenvalue weighted by atomic mass is 10.1. The van der Waals surface area contributed by atoms with Crippen molar-refractivity contribution < 1.29 is 4.79 Å². The molecule has 2 rings (SSSR count). The maximum atomic E-state index is 11.9. The lowest BCUT2D eigenvalue weighted by Gasteiger charge is -2.11. The molecule has 21 heavy (non-hydrogen) atoms. The average molecular weight is 371 g/mol. The molecule has 0 spiro atoms. The molecule has 1 aliphatic heterocycles. The molecule has 3 nitrogen and oxygen atoms in total. The van der Waals surface area contributed by atoms with Gasteiger partial charge < -0.3 is 10.6 Å². The number of aryl methyl sites for hydroxylation is 2. The third-order valence-electron chi connectivity index (χ3n) is 3.85. The second-order valence-corrected chi connectivity index (χ2v) is 7.52. The summed E-state index contributed by atoms with van der Waals surface area (Å²) in [5.74, 6) is 1.35. The number of rotatable bonds is 6. The highest BCUT2D eigenvalue weighted by atomic mass is 79.9. The summed E-state index contributed by atoms with van der Waals surface area (Å²) in [6.45, 7) is 7.17. The zero-order valence-electron chi connectivity index (χ0n) is 12.7. The molecular formula is C16H23BrN2OS. The van der Waals surface area contributed by atoms with Crippen LogP contribution in [0.3, 0.4) is 0 Å². The van der Waals surface area contributed by atoms with E-state index in [-0.39, 0.29) is 5.91 Å². The van der Waals surface area contributed by atoms with E-state index < -0.39 is 0 Å². The Morgan fingerprint density at radius 2 is 2.24 bits per heavy atom. The van der Waals surface area contributed by atoms with Crippen molar-refractivity contribution in [3.8, 4) is 0 Å². The number of thioether (sulfide) groups is 1. The first-order valence-electron chi connectivity index (χ1n) is 7.43. The van der Waals surface area contributed by atoms with Crippen molar-refractivity contribution in [2.24, 2.45) is 5.92 Å². The van der Waals surface area contributed by atoms with Gasteiger partial charge in [-0.2, -0.15) is 0 Å². The standard InChI is InChI=1S/C16H23BrN2OS/c1-11-8-15(12(2)7-14(11)17)21-10-16(20)19-6-4-13-3-5-18-9-13/h7-8,13,18H,3-6,9-10H2,1-2H3,(H,19,20). The van der Waals surface area contributed by atoms with Crippen molar-refractivity contribution in [3.63, 3.8) is 0 Å². The highest BCUT2D eigenvalue weighted by Crippen LogP contribution is 2.28. The SMILES string of the molecule is Cc1cc(SCC(=O)NCCC2CCNC2)c(C)cc1Br. The van der Waals surface area contributed by atoms with Gasteiger partial charge in [0.2, 0.25) is 5.91 Å². The van der Waals surface area contributed by atoms with E-state index in [1.807, 2.05) is 0 Å². The molecule has 1 heterocycles. The molecule has 116 valence electrons. The van der Waals surface area contributed by atoms with E-state index in [0.717, 1.165) is 36.4 Å². The molecule has 1 aromatic carbocycles. The number of carbonyl (C=O) groups is 1. The third-order valence-corrected chi connectivity index (χ3v) is 5.86. The van der Waals surface area contributed by atoms with Crippen LogP contribution >= 0.6 is 27.7 Å². The van der Waals surface area contributed by atoms with Crippen LogP contribution in [0.15, 0.2) is 21.5 Å². The zero-order chi connectivity index (χ0) is 15.2. The van der Waals surface area contributed by atoms with E-state index in [4.69, 9.17) is 0 Å². The molecule has 1 aromatic rings. The molecule has 0 bridgehead atoms. The van der Waals surface area contributed by atoms with Crippen LogP contribution in [0.5, 0.6) is 0 Å². The van der Waals surface area contributed by atoms with Gasteiger partial charge in [-0.05, 0) is 69.0 Å². The van der Waals surface area contributed by atoms with Crippen molar-refractivity contribution in [2.45, 2.75) is 31.6 Å². The summed E-state index contributed by atoms with van der Waals surface area (Å²) < 4.78 is 1.12. The molecule has 1 fully saturated rings. The predicted molar refractivity (Wildman–Crippen MR) is 92.9 cm³/mol. The third kappa shape index (κ3) is 5.31. The quantitative estimate of drug-likeness (QED) is 0.755. The first-order valence-corrected chi connectivity index (χ1v) is 9.21. The first-order chi connectivity index (χ1) is 10.1. The summed E-state index contributed by atoms with van der Waals surface area (Å²) in [7, 11) is 0. The van der Waals surface area contributed by atoms with Crippen LogP contribution < -0.4 is 10.6 Å². The fourth-order valence-corrected chi connectivity index (χ4v) is 3.87. The fraction of sp³-hybridized carbons (Fsp3) is 0.562. The van der Waals surface area contributed by atoms with Gasteiger partial charge in [0.05, 0.1) is 5.75 Å². The lowest BCUT2D eigenvalue weighted by molar-refractivity contribution is -0.118. The van der Waals surface area contributed by atoms with E-state index in [1.165, 1.54) is 22.4 Å². The second-order valence-electron chi connectivity index (χ2n) is 5.65. The number of halogens is 1. The Labute approximate surface area is 139 Å². The van der Waals surface area contributed by atoms with Gasteiger partial charge in [-0.15, -0.1) is 11.8 Å². The number of hydrogen-bond donors (Lipinski definition) is 2. The molecule has 5 heteroatoms. The largest absolute Gasteiger partial charge is 0.355 e. The van der Waals surface area contributed by atoms with E-state index in [2.05, 4.69) is 52.5 Å². The van der Waals surface area contributed by atoms with Crippen molar-refractivity contribution in [3.05, 3.63) is 27.7 Å². The Bertz CT molecular complexity index is 501. The Kier molecular flexibility index (Phi) is 6.58. The monoisotopic (exact) mass is 370 g/mol. The van der Waals surface area contributed by atoms with Gasteiger partial charge in [0.1, 0.15) is 0 Å². The maximum Gasteiger partial charge on any atom is 0.230 e. The molecule has 1 atom stereocenters. The normalized spacial score (nSPS) is 18.0. The predicted octanol–water partition coefficient (Wildman–Crippen LogP) is 3.27. The summed E-state index contributed by atoms with van der Waals surface area (Å²) in [4.78, 5) is 13.1. The molecule has 0 saturated carbocycles. The Balaban J connectivity index is 1.72. The van der Waals surface area contributed by atoms with E-state index >= 15 is 0 Å². The molecule has 1 aliphatic rings. The van der Waals surface area contributed by atoms with Crippen molar-refractivity contribution in [1.29, 1.82) is 0 Å². The fourth-order valence-electron chi connectivity index (χ4n) is 2.48. The van der Waals surface area contributed by atoms with E-state index in [1.54, 1.807) is 11.8 Å². The molecule has 2 N–H and O–H groups in total. The molecule has 1 unspecified atom stereocenters. The van der Waals surface area contributed by atoms with Crippen LogP contribution in [0.1, 0.15) is 24.0 Å². The lowest BCUT2D eigenvalue weighted by Crippen LogP contribution is -2.27. The van der Waals surface area contributed by atoms with Crippen LogP contribution in [0.4, 0.5) is 0 Å². The van der Waals surface area contributed by atoms with Crippen LogP contribution in [0, 0.1) is 19.8 Å². The summed E-state index contributed by atoms with van der Waals surface area (Å²) >= 11 is 5.15. The summed E-state index contributed by atoms with van der Waals surface area (Å²) in [6, 6.07) is 4.25. The van der Waals surface area contributed by atoms with Crippen LogP contribution in [-0.4, -0.2) is 31.3 Å². The van der Waals surface area contributed by atoms with Gasteiger partial charge >= 0.3 is 0 Å². The topological polar surface area (TPSA) is 41.1 Å². The van der Waals surface area contributed by atoms with Crippen molar-refractivity contribution in [1.82, 2.24) is 10.6 Å². The van der Waals surface area contributed by atoms with Gasteiger partial charge in [-0.25, -0.2) is 0 Å². The minimum Gasteiger partial charge on any atom is -0.355 e. The second kappa shape index (κ2) is 8.20.